The van der Waals surface area contributed by atoms with Gasteiger partial charge in [-0.2, -0.15) is 0 Å². The topological polar surface area (TPSA) is 162 Å². The van der Waals surface area contributed by atoms with Crippen LogP contribution in [0.1, 0.15) is 40.3 Å². The number of carbonyl (C=O) groups is 4. The van der Waals surface area contributed by atoms with E-state index in [9.17, 15) is 19.2 Å². The zero-order valence-electron chi connectivity index (χ0n) is 26.2. The minimum Gasteiger partial charge on any atom is -0.481 e. The third-order valence-electron chi connectivity index (χ3n) is 6.23. The van der Waals surface area contributed by atoms with Crippen molar-refractivity contribution in [2.24, 2.45) is 7.05 Å². The van der Waals surface area contributed by atoms with E-state index in [-0.39, 0.29) is 12.0 Å². The number of nitrogens with zero attached hydrogens (tertiary/aromatic N) is 2. The van der Waals surface area contributed by atoms with Crippen molar-refractivity contribution in [1.82, 2.24) is 14.9 Å². The molecule has 13 nitrogen and oxygen atoms in total. The molecule has 2 aromatic heterocycles. The van der Waals surface area contributed by atoms with E-state index in [0.717, 1.165) is 12.1 Å². The van der Waals surface area contributed by atoms with Crippen LogP contribution in [0, 0.1) is 0 Å². The Labute approximate surface area is 267 Å². The van der Waals surface area contributed by atoms with Crippen molar-refractivity contribution in [3.8, 4) is 5.88 Å². The van der Waals surface area contributed by atoms with Crippen LogP contribution in [-0.2, 0) is 22.9 Å². The Hall–Kier alpha value is -5.85. The fraction of sp³-hybridized carbons (Fsp3) is 0.242. The molecular formula is C33H38N6O7. The molecule has 0 aliphatic carbocycles. The molecule has 242 valence electrons. The summed E-state index contributed by atoms with van der Waals surface area (Å²) in [5.41, 5.74) is 3.75. The van der Waals surface area contributed by atoms with Crippen LogP contribution in [0.15, 0.2) is 85.2 Å². The van der Waals surface area contributed by atoms with Gasteiger partial charge in [-0.15, -0.1) is 0 Å². The molecule has 0 radical (unpaired) electrons. The predicted octanol–water partition coefficient (Wildman–Crippen LogP) is 5.48. The lowest BCUT2D eigenvalue weighted by Gasteiger charge is -2.09. The number of nitrogens with one attached hydrogen (secondary N) is 4. The maximum atomic E-state index is 11.9. The third kappa shape index (κ3) is 11.3. The maximum absolute atomic E-state index is 11.9. The van der Waals surface area contributed by atoms with Crippen LogP contribution in [0.2, 0.25) is 0 Å². The zero-order chi connectivity index (χ0) is 33.3. The molecule has 0 unspecified atom stereocenters. The quantitative estimate of drug-likeness (QED) is 0.159. The van der Waals surface area contributed by atoms with Gasteiger partial charge in [0.25, 0.3) is 0 Å². The van der Waals surface area contributed by atoms with E-state index in [0.29, 0.717) is 53.8 Å². The lowest BCUT2D eigenvalue weighted by atomic mass is 10.2. The molecule has 0 aliphatic rings. The first-order chi connectivity index (χ1) is 22.2. The summed E-state index contributed by atoms with van der Waals surface area (Å²) >= 11 is 0. The molecule has 0 aliphatic heterocycles. The Balaban J connectivity index is 0.000000250. The predicted molar refractivity (Wildman–Crippen MR) is 174 cm³/mol. The molecular weight excluding hydrogens is 592 g/mol. The molecule has 4 N–H and O–H groups in total. The summed E-state index contributed by atoms with van der Waals surface area (Å²) in [6.45, 7) is 4.70. The molecule has 0 fully saturated rings. The Kier molecular flexibility index (Phi) is 13.6. The van der Waals surface area contributed by atoms with E-state index in [1.54, 1.807) is 74.5 Å². The van der Waals surface area contributed by atoms with Crippen LogP contribution < -0.4 is 26.0 Å². The van der Waals surface area contributed by atoms with Crippen LogP contribution in [0.5, 0.6) is 5.88 Å². The van der Waals surface area contributed by atoms with Gasteiger partial charge in [-0.1, -0.05) is 0 Å². The number of pyridine rings is 1. The number of benzene rings is 2. The molecule has 46 heavy (non-hydrogen) atoms. The number of anilines is 3. The zero-order valence-corrected chi connectivity index (χ0v) is 26.2. The summed E-state index contributed by atoms with van der Waals surface area (Å²) in [7, 11) is 3.49. The van der Waals surface area contributed by atoms with E-state index >= 15 is 0 Å². The Morgan fingerprint density at radius 1 is 0.717 bits per heavy atom. The summed E-state index contributed by atoms with van der Waals surface area (Å²) in [6.07, 6.45) is 4.22. The summed E-state index contributed by atoms with van der Waals surface area (Å²) in [6, 6.07) is 19.6. The normalized spacial score (nSPS) is 10.0. The van der Waals surface area contributed by atoms with E-state index in [2.05, 4.69) is 26.3 Å². The van der Waals surface area contributed by atoms with Crippen molar-refractivity contribution in [2.45, 2.75) is 20.3 Å². The molecule has 4 amide bonds. The molecule has 13 heteroatoms. The van der Waals surface area contributed by atoms with Gasteiger partial charge in [0.05, 0.1) is 43.3 Å². The molecule has 4 aromatic rings. The second kappa shape index (κ2) is 18.1. The molecule has 4 rings (SSSR count). The van der Waals surface area contributed by atoms with E-state index in [4.69, 9.17) is 14.2 Å². The van der Waals surface area contributed by atoms with Crippen LogP contribution in [0.25, 0.3) is 0 Å². The van der Waals surface area contributed by atoms with E-state index < -0.39 is 12.0 Å². The first-order valence-electron chi connectivity index (χ1n) is 14.5. The van der Waals surface area contributed by atoms with Crippen LogP contribution in [0.3, 0.4) is 0 Å². The van der Waals surface area contributed by atoms with Crippen molar-refractivity contribution in [2.75, 3.05) is 42.8 Å². The van der Waals surface area contributed by atoms with Crippen LogP contribution >= 0.6 is 0 Å². The number of carbonyl (C=O) groups excluding carboxylic acids is 4. The molecule has 2 heterocycles. The lowest BCUT2D eigenvalue weighted by Crippen LogP contribution is -2.30. The number of rotatable bonds is 11. The lowest BCUT2D eigenvalue weighted by molar-refractivity contribution is 0.0517. The standard InChI is InChI=1S/C17H21N3O3.C16H17N3O4/c1-3-23-16(21)13-6-8-14(9-7-13)19-17(22)18-11-10-15-5-4-12-20(15)2;1-3-23-15(20)11-4-6-12(7-5-11)18-16(21)19-13-8-9-14(22-2)17-10-13/h4-9,12H,3,10-11H2,1-2H3,(H2,18,19,22);4-10H,3H2,1-2H3,(H2,18,19,21). The van der Waals surface area contributed by atoms with Gasteiger partial charge in [-0.3, -0.25) is 0 Å². The van der Waals surface area contributed by atoms with Crippen molar-refractivity contribution >= 4 is 41.1 Å². The maximum Gasteiger partial charge on any atom is 0.338 e. The van der Waals surface area contributed by atoms with E-state index in [1.807, 2.05) is 29.9 Å². The number of hydrogen-bond acceptors (Lipinski definition) is 8. The second-order valence-corrected chi connectivity index (χ2v) is 9.51. The number of urea groups is 2. The fourth-order valence-electron chi connectivity index (χ4n) is 3.91. The highest BCUT2D eigenvalue weighted by atomic mass is 16.5. The number of aromatic nitrogens is 2. The van der Waals surface area contributed by atoms with Crippen LogP contribution in [-0.4, -0.2) is 60.4 Å². The molecule has 0 spiro atoms. The summed E-state index contributed by atoms with van der Waals surface area (Å²) in [5, 5.41) is 10.8. The largest absolute Gasteiger partial charge is 0.481 e. The summed E-state index contributed by atoms with van der Waals surface area (Å²) < 4.78 is 16.8. The molecule has 2 aromatic carbocycles. The van der Waals surface area contributed by atoms with Gasteiger partial charge in [0, 0.05) is 49.3 Å². The van der Waals surface area contributed by atoms with Gasteiger partial charge in [0.2, 0.25) is 5.88 Å². The molecule has 0 saturated heterocycles. The fourth-order valence-corrected chi connectivity index (χ4v) is 3.91. The average Bonchev–Trinajstić information content (AvgIpc) is 3.46. The number of ether oxygens (including phenoxy) is 3. The SMILES string of the molecule is CCOC(=O)c1ccc(NC(=O)NCCc2cccn2C)cc1.CCOC(=O)c1ccc(NC(=O)Nc2ccc(OC)nc2)cc1. The Morgan fingerprint density at radius 3 is 1.70 bits per heavy atom. The molecule has 0 bridgehead atoms. The van der Waals surface area contributed by atoms with Crippen molar-refractivity contribution in [3.63, 3.8) is 0 Å². The monoisotopic (exact) mass is 630 g/mol. The van der Waals surface area contributed by atoms with Gasteiger partial charge >= 0.3 is 24.0 Å². The number of amides is 4. The van der Waals surface area contributed by atoms with Crippen molar-refractivity contribution in [1.29, 1.82) is 0 Å². The minimum atomic E-state index is -0.416. The van der Waals surface area contributed by atoms with Crippen molar-refractivity contribution in [3.05, 3.63) is 102 Å². The first-order valence-corrected chi connectivity index (χ1v) is 14.5. The van der Waals surface area contributed by atoms with Gasteiger partial charge in [0.1, 0.15) is 0 Å². The third-order valence-corrected chi connectivity index (χ3v) is 6.23. The Morgan fingerprint density at radius 2 is 1.24 bits per heavy atom. The highest BCUT2D eigenvalue weighted by Gasteiger charge is 2.09. The number of esters is 2. The second-order valence-electron chi connectivity index (χ2n) is 9.51. The van der Waals surface area contributed by atoms with E-state index in [1.165, 1.54) is 13.3 Å². The summed E-state index contributed by atoms with van der Waals surface area (Å²) in [5.74, 6) is -0.301. The average molecular weight is 631 g/mol. The summed E-state index contributed by atoms with van der Waals surface area (Å²) in [4.78, 5) is 50.8. The number of aryl methyl sites for hydroxylation is 1. The number of methoxy groups -OCH3 is 1. The highest BCUT2D eigenvalue weighted by molar-refractivity contribution is 6.00. The van der Waals surface area contributed by atoms with Crippen LogP contribution in [0.4, 0.5) is 26.7 Å². The molecule has 0 saturated carbocycles. The minimum absolute atomic E-state index is 0.275. The van der Waals surface area contributed by atoms with Gasteiger partial charge in [0.15, 0.2) is 0 Å². The van der Waals surface area contributed by atoms with Crippen molar-refractivity contribution < 1.29 is 33.4 Å². The molecule has 0 atom stereocenters. The first kappa shape index (κ1) is 34.6. The number of hydrogen-bond donors (Lipinski definition) is 4. The Bertz CT molecular complexity index is 1570. The highest BCUT2D eigenvalue weighted by Crippen LogP contribution is 2.14. The smallest absolute Gasteiger partial charge is 0.338 e. The van der Waals surface area contributed by atoms with Gasteiger partial charge < -0.3 is 40.0 Å². The van der Waals surface area contributed by atoms with Gasteiger partial charge in [-0.25, -0.2) is 24.2 Å². The van der Waals surface area contributed by atoms with Gasteiger partial charge in [-0.05, 0) is 80.6 Å².